The number of benzene rings is 4. The van der Waals surface area contributed by atoms with Crippen molar-refractivity contribution in [2.75, 3.05) is 44.5 Å². The van der Waals surface area contributed by atoms with Gasteiger partial charge in [-0.25, -0.2) is 18.4 Å². The number of fused-ring (bicyclic) bond motifs is 4. The van der Waals surface area contributed by atoms with Crippen LogP contribution >= 0.6 is 15.9 Å². The molecule has 6 N–H and O–H groups in total. The Hall–Kier alpha value is -6.94. The van der Waals surface area contributed by atoms with Gasteiger partial charge in [0.05, 0.1) is 64.7 Å². The average molecular weight is 1490 g/mol. The van der Waals surface area contributed by atoms with Crippen LogP contribution < -0.4 is 25.9 Å². The van der Waals surface area contributed by atoms with E-state index in [0.717, 1.165) is 30.4 Å². The van der Waals surface area contributed by atoms with Crippen LogP contribution in [0.4, 0.5) is 20.2 Å². The molecule has 0 unspecified atom stereocenters. The van der Waals surface area contributed by atoms with Crippen molar-refractivity contribution >= 4 is 63.6 Å². The molecule has 13 rings (SSSR count). The molecule has 3 heterocycles. The van der Waals surface area contributed by atoms with Gasteiger partial charge in [-0.3, -0.25) is 19.3 Å². The number of anilines is 2. The maximum absolute atomic E-state index is 16.2. The van der Waals surface area contributed by atoms with E-state index in [1.807, 2.05) is 52.8 Å². The van der Waals surface area contributed by atoms with Crippen LogP contribution in [0.3, 0.4) is 0 Å². The molecular weight excluding hydrogens is 1380 g/mol. The molecule has 0 aromatic heterocycles. The Balaban J connectivity index is 0.000000253. The standard InChI is InChI=1S/C33H43FN6O5.C23H31BrFN5O3.C15H22BNO4.3CH4/c1-17-25-13-22(33(25,3)4)14-26(17)37-31(42)30-28(18(2)41)27(15-36-38-35)45-40(30)16-19-8-7-9-24(29(19)34)20-10-21(32(43)44)12-23(11-20)39(5)6;1-11-15-8-14(23(15,3)4)9-17(11)27-21(32)20-18(12(2)31)22(28-29-26)33-30(20)10-13-6-5-7-16(24)19(13)25;1-14(2)15(3,4)21-16(20-14)11-7-10(13(18)19)8-12(9-11)17(5)6;;;/h7-12,17-18,22,25-28,30,41H,13-16H2,1-6H3,(H,37,42)(H,43,44);5-7,11-12,14-15,17-18,20,22,31H,8-10H2,1-4H3,(H,27,32);7-9H,1-6H3,(H,18,19);3*1H4/t17-,18-,22+,25-,26-,27-,28+,30-;11-,12-,14+,15-,17-,18-,20-,22+;;;;/m00..../s1. The number of aliphatic hydroxyl groups is 2. The van der Waals surface area contributed by atoms with Crippen LogP contribution in [-0.2, 0) is 41.7 Å². The highest BCUT2D eigenvalue weighted by molar-refractivity contribution is 9.10. The van der Waals surface area contributed by atoms with E-state index in [-0.39, 0.29) is 105 Å². The SMILES string of the molecule is C.C.C.CN(C)c1cc(B2OC(C)(C)C(C)(C)O2)cc(C(=O)O)c1.C[C@@H]1[C@@H](NC(=O)[C@@H]2[C@H]([C@H](C)O)[C@H](CN=[N+]=[N-])ON2Cc2cccc(-c3cc(C(=O)O)cc(N(C)C)c3)c2F)C[C@H]2C[C@@H]1C2(C)C.C[C@@H]1[C@@H](NC(=O)[C@@H]2[C@H]([C@H](C)O)[C@H](N=[N+]=[N-])ON2Cc2cccc(Br)c2F)C[C@H]2C[C@@H]1C2(C)C. The molecule has 0 radical (unpaired) electrons. The minimum atomic E-state index is -1.13. The summed E-state index contributed by atoms with van der Waals surface area (Å²) < 4.78 is 43.2. The van der Waals surface area contributed by atoms with E-state index in [4.69, 9.17) is 30.0 Å². The zero-order valence-electron chi connectivity index (χ0n) is 59.4. The Morgan fingerprint density at radius 2 is 1.13 bits per heavy atom. The second-order valence-corrected chi connectivity index (χ2v) is 31.5. The minimum absolute atomic E-state index is 0. The zero-order valence-corrected chi connectivity index (χ0v) is 60.9. The summed E-state index contributed by atoms with van der Waals surface area (Å²) in [5.74, 6) is -2.52. The number of nitrogens with zero attached hydrogens (tertiary/aromatic N) is 10. The van der Waals surface area contributed by atoms with Gasteiger partial charge in [-0.15, -0.1) is 0 Å². The van der Waals surface area contributed by atoms with Crippen LogP contribution in [0.15, 0.2) is 87.5 Å². The highest BCUT2D eigenvalue weighted by Crippen LogP contribution is 2.62. The van der Waals surface area contributed by atoms with E-state index in [9.17, 15) is 44.0 Å². The van der Waals surface area contributed by atoms with Gasteiger partial charge < -0.3 is 50.2 Å². The van der Waals surface area contributed by atoms with E-state index >= 15 is 4.39 Å². The summed E-state index contributed by atoms with van der Waals surface area (Å²) >= 11 is 3.18. The fraction of sp³-hybridized carbons (Fsp3) is 0.622. The number of halogens is 3. The molecule has 16 atom stereocenters. The second kappa shape index (κ2) is 33.0. The normalized spacial score (nSPS) is 28.6. The topological polar surface area (TPSA) is 321 Å². The molecule has 560 valence electrons. The van der Waals surface area contributed by atoms with Gasteiger partial charge in [-0.1, -0.05) is 104 Å². The largest absolute Gasteiger partial charge is 0.494 e. The Kier molecular flexibility index (Phi) is 27.2. The Labute approximate surface area is 609 Å². The molecule has 4 aromatic rings. The van der Waals surface area contributed by atoms with E-state index in [2.05, 4.69) is 88.2 Å². The number of hydrogen-bond donors (Lipinski definition) is 6. The van der Waals surface area contributed by atoms with E-state index in [1.165, 1.54) is 28.7 Å². The number of carbonyl (C=O) groups excluding carboxylic acids is 2. The molecule has 0 spiro atoms. The number of carboxylic acids is 2. The maximum atomic E-state index is 16.2. The van der Waals surface area contributed by atoms with Crippen LogP contribution in [0.25, 0.3) is 32.0 Å². The number of azide groups is 2. The Bertz CT molecular complexity index is 3760. The first-order valence-electron chi connectivity index (χ1n) is 33.9. The van der Waals surface area contributed by atoms with Crippen molar-refractivity contribution in [3.63, 3.8) is 0 Å². The van der Waals surface area contributed by atoms with Crippen LogP contribution in [0.1, 0.15) is 163 Å². The smallest absolute Gasteiger partial charge is 0.478 e. The lowest BCUT2D eigenvalue weighted by atomic mass is 9.45. The molecule has 3 saturated heterocycles. The number of hydroxylamine groups is 4. The van der Waals surface area contributed by atoms with Gasteiger partial charge in [0, 0.05) is 90.0 Å². The van der Waals surface area contributed by atoms with Crippen LogP contribution in [0.5, 0.6) is 0 Å². The van der Waals surface area contributed by atoms with Crippen molar-refractivity contribution in [2.45, 2.75) is 204 Å². The predicted molar refractivity (Wildman–Crippen MR) is 395 cm³/mol. The van der Waals surface area contributed by atoms with Crippen molar-refractivity contribution in [1.29, 1.82) is 0 Å². The first-order valence-corrected chi connectivity index (χ1v) is 34.7. The van der Waals surface area contributed by atoms with E-state index in [1.54, 1.807) is 87.4 Å². The fourth-order valence-corrected chi connectivity index (χ4v) is 16.5. The summed E-state index contributed by atoms with van der Waals surface area (Å²) in [6.45, 7) is 24.3. The number of carboxylic acid groups (broad SMARTS) is 2. The number of carbonyl (C=O) groups is 4. The molecule has 102 heavy (non-hydrogen) atoms. The molecule has 4 aromatic carbocycles. The fourth-order valence-electron chi connectivity index (χ4n) is 16.1. The molecule has 9 fully saturated rings. The highest BCUT2D eigenvalue weighted by Gasteiger charge is 2.60. The predicted octanol–water partition coefficient (Wildman–Crippen LogP) is 13.4. The number of rotatable bonds is 19. The zero-order chi connectivity index (χ0) is 72.9. The maximum Gasteiger partial charge on any atom is 0.494 e. The molecule has 3 aliphatic heterocycles. The molecule has 6 saturated carbocycles. The molecule has 2 amide bonds. The number of hydrogen-bond acceptors (Lipinski definition) is 16. The van der Waals surface area contributed by atoms with Crippen molar-refractivity contribution in [1.82, 2.24) is 20.8 Å². The third-order valence-electron chi connectivity index (χ3n) is 23.1. The van der Waals surface area contributed by atoms with Crippen LogP contribution in [-0.4, -0.2) is 156 Å². The Morgan fingerprint density at radius 1 is 0.667 bits per heavy atom. The average Bonchev–Trinajstić information content (AvgIpc) is 1.08. The van der Waals surface area contributed by atoms with Crippen LogP contribution in [0.2, 0.25) is 0 Å². The van der Waals surface area contributed by atoms with Gasteiger partial charge in [0.15, 0.2) is 6.23 Å². The molecule has 9 aliphatic rings. The summed E-state index contributed by atoms with van der Waals surface area (Å²) in [5.41, 5.74) is 21.1. The third-order valence-corrected chi connectivity index (χ3v) is 23.7. The van der Waals surface area contributed by atoms with Gasteiger partial charge >= 0.3 is 19.1 Å². The molecule has 4 bridgehead atoms. The van der Waals surface area contributed by atoms with E-state index < -0.39 is 90.4 Å². The van der Waals surface area contributed by atoms with Gasteiger partial charge in [0.2, 0.25) is 11.8 Å². The lowest BCUT2D eigenvalue weighted by Gasteiger charge is -2.62. The number of amides is 2. The van der Waals surface area contributed by atoms with Crippen molar-refractivity contribution in [3.05, 3.63) is 132 Å². The number of aliphatic hydroxyl groups excluding tert-OH is 2. The minimum Gasteiger partial charge on any atom is -0.478 e. The number of nitrogens with one attached hydrogen (secondary N) is 2. The molecule has 24 nitrogen and oxygen atoms in total. The summed E-state index contributed by atoms with van der Waals surface area (Å²) in [6, 6.07) is 17.6. The van der Waals surface area contributed by atoms with Crippen molar-refractivity contribution in [3.8, 4) is 11.1 Å². The quantitative estimate of drug-likeness (QED) is 0.0220. The number of aromatic carboxylic acids is 2. The molecule has 6 aliphatic carbocycles. The van der Waals surface area contributed by atoms with Gasteiger partial charge in [0.25, 0.3) is 0 Å². The van der Waals surface area contributed by atoms with Crippen LogP contribution in [0, 0.1) is 69.8 Å². The van der Waals surface area contributed by atoms with Crippen molar-refractivity contribution < 1.29 is 67.4 Å². The monoisotopic (exact) mass is 1480 g/mol. The van der Waals surface area contributed by atoms with Gasteiger partial charge in [-0.05, 0) is 194 Å². The second-order valence-electron chi connectivity index (χ2n) is 30.6. The van der Waals surface area contributed by atoms with Gasteiger partial charge in [0.1, 0.15) is 23.7 Å². The lowest BCUT2D eigenvalue weighted by Crippen LogP contribution is -2.62. The first kappa shape index (κ1) is 84.0. The van der Waals surface area contributed by atoms with E-state index in [0.29, 0.717) is 50.9 Å². The summed E-state index contributed by atoms with van der Waals surface area (Å²) in [7, 11) is 6.73. The highest BCUT2D eigenvalue weighted by atomic mass is 79.9. The lowest BCUT2D eigenvalue weighted by molar-refractivity contribution is -0.176. The molecule has 28 heteroatoms. The summed E-state index contributed by atoms with van der Waals surface area (Å²) in [6.07, 6.45) is 0.285. The van der Waals surface area contributed by atoms with Gasteiger partial charge in [-0.2, -0.15) is 10.1 Å². The Morgan fingerprint density at radius 3 is 1.58 bits per heavy atom. The third kappa shape index (κ3) is 17.1. The van der Waals surface area contributed by atoms with Crippen molar-refractivity contribution in [2.24, 2.45) is 68.4 Å². The summed E-state index contributed by atoms with van der Waals surface area (Å²) in [5, 5.41) is 56.7. The first-order chi connectivity index (χ1) is 46.3. The summed E-state index contributed by atoms with van der Waals surface area (Å²) in [4.78, 5) is 72.0. The molecular formula is C74H108BBrF2N12O12.